The van der Waals surface area contributed by atoms with Crippen molar-refractivity contribution in [2.24, 2.45) is 5.73 Å². The van der Waals surface area contributed by atoms with E-state index in [1.54, 1.807) is 51.5 Å². The van der Waals surface area contributed by atoms with E-state index >= 15 is 0 Å². The largest absolute Gasteiger partial charge is 0.496 e. The van der Waals surface area contributed by atoms with E-state index in [9.17, 15) is 23.5 Å². The van der Waals surface area contributed by atoms with Gasteiger partial charge in [-0.3, -0.25) is 19.4 Å². The Morgan fingerprint density at radius 1 is 0.700 bits per heavy atom. The van der Waals surface area contributed by atoms with E-state index in [0.717, 1.165) is 50.4 Å². The van der Waals surface area contributed by atoms with Crippen molar-refractivity contribution >= 4 is 79.9 Å². The molecule has 70 heavy (non-hydrogen) atoms. The molecule has 2 atom stereocenters. The number of carboxylic acids is 1. The molecule has 372 valence electrons. The summed E-state index contributed by atoms with van der Waals surface area (Å²) in [6.07, 6.45) is 7.55. The molecular formula is C50H59Cl2F2N11O5. The molecule has 5 N–H and O–H groups in total. The zero-order valence-corrected chi connectivity index (χ0v) is 41.2. The van der Waals surface area contributed by atoms with Gasteiger partial charge in [0, 0.05) is 73.3 Å². The molecule has 2 aliphatic heterocycles. The summed E-state index contributed by atoms with van der Waals surface area (Å²) in [6, 6.07) is 15.7. The first-order valence-electron chi connectivity index (χ1n) is 23.2. The molecule has 0 spiro atoms. The number of hydrogen-bond donors (Lipinski definition) is 4. The minimum Gasteiger partial charge on any atom is -0.496 e. The number of likely N-dealkylation sites (tertiary alicyclic amines) is 2. The molecule has 0 saturated carbocycles. The van der Waals surface area contributed by atoms with E-state index in [2.05, 4.69) is 45.3 Å². The number of ether oxygens (including phenoxy) is 2. The number of carbonyl (C=O) groups is 2. The van der Waals surface area contributed by atoms with Crippen molar-refractivity contribution in [3.8, 4) is 11.5 Å². The van der Waals surface area contributed by atoms with Crippen molar-refractivity contribution in [3.05, 3.63) is 106 Å². The van der Waals surface area contributed by atoms with Gasteiger partial charge in [0.2, 0.25) is 5.91 Å². The molecule has 20 heteroatoms. The van der Waals surface area contributed by atoms with Gasteiger partial charge in [-0.25, -0.2) is 28.7 Å². The number of nitrogens with two attached hydrogens (primary N) is 1. The molecule has 0 unspecified atom stereocenters. The molecule has 2 fully saturated rings. The van der Waals surface area contributed by atoms with Crippen LogP contribution in [0, 0.1) is 11.6 Å². The smallest absolute Gasteiger partial charge is 0.320 e. The van der Waals surface area contributed by atoms with Crippen LogP contribution in [0.2, 0.25) is 10.0 Å². The maximum absolute atomic E-state index is 14.5. The summed E-state index contributed by atoms with van der Waals surface area (Å²) in [5.41, 5.74) is 8.96. The molecule has 6 aromatic rings. The van der Waals surface area contributed by atoms with Gasteiger partial charge in [0.05, 0.1) is 52.7 Å². The van der Waals surface area contributed by atoms with E-state index in [1.165, 1.54) is 50.5 Å². The Morgan fingerprint density at radius 2 is 1.11 bits per heavy atom. The first kappa shape index (κ1) is 51.8. The monoisotopic (exact) mass is 1000 g/mol. The number of aromatic nitrogens is 4. The summed E-state index contributed by atoms with van der Waals surface area (Å²) in [5, 5.41) is 17.1. The van der Waals surface area contributed by atoms with Crippen LogP contribution in [0.1, 0.15) is 50.7 Å². The molecule has 0 aliphatic carbocycles. The fourth-order valence-electron chi connectivity index (χ4n) is 8.68. The summed E-state index contributed by atoms with van der Waals surface area (Å²) < 4.78 is 40.3. The molecule has 2 aromatic heterocycles. The van der Waals surface area contributed by atoms with Crippen LogP contribution >= 0.6 is 23.2 Å². The van der Waals surface area contributed by atoms with Crippen LogP contribution in [0.3, 0.4) is 0 Å². The molecule has 0 radical (unpaired) electrons. The topological polar surface area (TPSA) is 187 Å². The average molecular weight is 1000 g/mol. The molecule has 16 nitrogen and oxygen atoms in total. The molecule has 2 saturated heterocycles. The maximum Gasteiger partial charge on any atom is 0.320 e. The van der Waals surface area contributed by atoms with E-state index in [4.69, 9.17) is 38.4 Å². The molecule has 1 amide bonds. The summed E-state index contributed by atoms with van der Waals surface area (Å²) in [5.74, 6) is -0.307. The van der Waals surface area contributed by atoms with Crippen molar-refractivity contribution in [3.63, 3.8) is 0 Å². The normalized spacial score (nSPS) is 15.0. The third-order valence-corrected chi connectivity index (χ3v) is 13.5. The van der Waals surface area contributed by atoms with Crippen molar-refractivity contribution in [1.82, 2.24) is 39.5 Å². The standard InChI is InChI=1S/C25H30ClFN6O2.C25H29ClFN5O3/c1-16(24(28)34)33(11-10-32-8-3-4-9-32)14-17-12-18-21(13-22(17)35-2)29-15-30-25(18)31-20-7-5-6-19(26)23(20)27;1-16(25(33)34)32(11-10-31-8-3-4-9-31)14-17-12-18-21(13-22(17)35-2)28-15-29-24(18)30-20-7-5-6-19(26)23(20)27/h5-7,12-13,15-16H,3-4,8-11,14H2,1-2H3,(H2,28,34)(H,29,30,31);5-7,12-13,15-16H,3-4,8-11,14H2,1-2H3,(H,33,34)(H,28,29,30)/t2*16-/m00/s1. The second-order valence-corrected chi connectivity index (χ2v) is 18.2. The SMILES string of the molecule is COc1cc2ncnc(Nc3cccc(Cl)c3F)c2cc1CN(CCN1CCCC1)[C@@H](C)C(=O)O.COc1cc2ncnc(Nc3cccc(Cl)c3F)c2cc1CN(CCN1CCCC1)[C@@H](C)C(N)=O. The number of hydrogen-bond acceptors (Lipinski definition) is 14. The molecule has 4 aromatic carbocycles. The third-order valence-electron chi connectivity index (χ3n) is 12.9. The van der Waals surface area contributed by atoms with Gasteiger partial charge in [0.25, 0.3) is 0 Å². The second-order valence-electron chi connectivity index (χ2n) is 17.4. The molecule has 4 heterocycles. The van der Waals surface area contributed by atoms with Gasteiger partial charge in [-0.1, -0.05) is 35.3 Å². The number of nitrogens with one attached hydrogen (secondary N) is 2. The second kappa shape index (κ2) is 24.2. The number of carboxylic acid groups (broad SMARTS) is 1. The lowest BCUT2D eigenvalue weighted by Gasteiger charge is -2.29. The van der Waals surface area contributed by atoms with Crippen molar-refractivity contribution in [1.29, 1.82) is 0 Å². The average Bonchev–Trinajstić information content (AvgIpc) is 4.09. The minimum absolute atomic E-state index is 0.00650. The molecule has 2 aliphatic rings. The number of aliphatic carboxylic acids is 1. The fraction of sp³-hybridized carbons (Fsp3) is 0.400. The van der Waals surface area contributed by atoms with E-state index < -0.39 is 29.7 Å². The number of amides is 1. The summed E-state index contributed by atoms with van der Waals surface area (Å²) in [7, 11) is 3.17. The van der Waals surface area contributed by atoms with Gasteiger partial charge < -0.3 is 40.7 Å². The number of carbonyl (C=O) groups excluding carboxylic acids is 1. The predicted molar refractivity (Wildman–Crippen MR) is 269 cm³/mol. The van der Waals surface area contributed by atoms with Gasteiger partial charge >= 0.3 is 5.97 Å². The van der Waals surface area contributed by atoms with E-state index in [-0.39, 0.29) is 27.3 Å². The lowest BCUT2D eigenvalue weighted by Crippen LogP contribution is -2.45. The zero-order chi connectivity index (χ0) is 49.9. The molecular weight excluding hydrogens is 944 g/mol. The van der Waals surface area contributed by atoms with E-state index in [1.807, 2.05) is 30.0 Å². The highest BCUT2D eigenvalue weighted by Gasteiger charge is 2.26. The number of fused-ring (bicyclic) bond motifs is 2. The third kappa shape index (κ3) is 12.8. The van der Waals surface area contributed by atoms with Crippen LogP contribution in [0.15, 0.2) is 73.3 Å². The summed E-state index contributed by atoms with van der Waals surface area (Å²) >= 11 is 11.9. The number of rotatable bonds is 20. The minimum atomic E-state index is -0.881. The molecule has 0 bridgehead atoms. The number of nitrogens with zero attached hydrogens (tertiary/aromatic N) is 8. The van der Waals surface area contributed by atoms with Crippen LogP contribution in [0.25, 0.3) is 21.8 Å². The quantitative estimate of drug-likeness (QED) is 0.0570. The lowest BCUT2D eigenvalue weighted by molar-refractivity contribution is -0.143. The summed E-state index contributed by atoms with van der Waals surface area (Å²) in [4.78, 5) is 50.0. The fourth-order valence-corrected chi connectivity index (χ4v) is 9.03. The zero-order valence-electron chi connectivity index (χ0n) is 39.7. The highest BCUT2D eigenvalue weighted by atomic mass is 35.5. The van der Waals surface area contributed by atoms with Crippen molar-refractivity contribution in [2.75, 3.05) is 77.2 Å². The van der Waals surface area contributed by atoms with Gasteiger partial charge in [-0.05, 0) is 102 Å². The first-order chi connectivity index (χ1) is 33.7. The lowest BCUT2D eigenvalue weighted by atomic mass is 10.1. The highest BCUT2D eigenvalue weighted by Crippen LogP contribution is 2.34. The Hall–Kier alpha value is -6.02. The van der Waals surface area contributed by atoms with Gasteiger partial charge in [-0.2, -0.15) is 0 Å². The van der Waals surface area contributed by atoms with Crippen LogP contribution in [-0.2, 0) is 22.7 Å². The van der Waals surface area contributed by atoms with Crippen molar-refractivity contribution < 1.29 is 33.0 Å². The number of anilines is 4. The Labute approximate surface area is 416 Å². The van der Waals surface area contributed by atoms with Crippen LogP contribution < -0.4 is 25.8 Å². The van der Waals surface area contributed by atoms with Crippen molar-refractivity contribution in [2.45, 2.75) is 64.7 Å². The predicted octanol–water partition coefficient (Wildman–Crippen LogP) is 8.49. The number of methoxy groups -OCH3 is 2. The highest BCUT2D eigenvalue weighted by molar-refractivity contribution is 6.31. The Bertz CT molecular complexity index is 2600. The van der Waals surface area contributed by atoms with Crippen LogP contribution in [0.4, 0.5) is 31.8 Å². The van der Waals surface area contributed by atoms with Crippen LogP contribution in [0.5, 0.6) is 11.5 Å². The number of halogens is 4. The first-order valence-corrected chi connectivity index (χ1v) is 24.0. The van der Waals surface area contributed by atoms with Crippen LogP contribution in [-0.4, -0.2) is 135 Å². The van der Waals surface area contributed by atoms with E-state index in [0.29, 0.717) is 71.1 Å². The Kier molecular flexibility index (Phi) is 17.9. The van der Waals surface area contributed by atoms with Gasteiger partial charge in [0.1, 0.15) is 41.8 Å². The maximum atomic E-state index is 14.5. The molecule has 8 rings (SSSR count). The number of primary amides is 1. The Morgan fingerprint density at radius 3 is 1.50 bits per heavy atom. The van der Waals surface area contributed by atoms with Gasteiger partial charge in [-0.15, -0.1) is 0 Å². The Balaban J connectivity index is 0.000000206. The number of benzene rings is 4. The van der Waals surface area contributed by atoms with Gasteiger partial charge in [0.15, 0.2) is 11.6 Å². The summed E-state index contributed by atoms with van der Waals surface area (Å²) in [6.45, 7) is 11.5.